The molecule has 0 aliphatic carbocycles. The molecule has 0 bridgehead atoms. The van der Waals surface area contributed by atoms with Crippen molar-refractivity contribution in [3.05, 3.63) is 57.1 Å². The van der Waals surface area contributed by atoms with Gasteiger partial charge >= 0.3 is 5.69 Å². The van der Waals surface area contributed by atoms with Gasteiger partial charge in [-0.1, -0.05) is 24.6 Å². The summed E-state index contributed by atoms with van der Waals surface area (Å²) in [5, 5.41) is 11.3. The Morgan fingerprint density at radius 3 is 2.75 bits per heavy atom. The van der Waals surface area contributed by atoms with Crippen LogP contribution in [0.25, 0.3) is 0 Å². The second-order valence-electron chi connectivity index (χ2n) is 4.03. The van der Waals surface area contributed by atoms with Gasteiger partial charge in [-0.25, -0.2) is 4.98 Å². The van der Waals surface area contributed by atoms with Crippen LogP contribution >= 0.6 is 11.6 Å². The molecule has 7 heteroatoms. The van der Waals surface area contributed by atoms with Crippen LogP contribution < -0.4 is 4.74 Å². The summed E-state index contributed by atoms with van der Waals surface area (Å²) in [4.78, 5) is 18.4. The monoisotopic (exact) mass is 293 g/mol. The van der Waals surface area contributed by atoms with Gasteiger partial charge in [0.05, 0.1) is 23.0 Å². The highest BCUT2D eigenvalue weighted by molar-refractivity contribution is 6.29. The molecule has 2 aromatic rings. The van der Waals surface area contributed by atoms with Crippen molar-refractivity contribution in [3.63, 3.8) is 0 Å². The van der Waals surface area contributed by atoms with E-state index in [1.54, 1.807) is 12.1 Å². The molecule has 2 rings (SSSR count). The van der Waals surface area contributed by atoms with Crippen molar-refractivity contribution in [2.45, 2.75) is 20.0 Å². The lowest BCUT2D eigenvalue weighted by Crippen LogP contribution is -2.02. The molecule has 1 heterocycles. The predicted molar refractivity (Wildman–Crippen MR) is 73.8 cm³/mol. The van der Waals surface area contributed by atoms with Crippen LogP contribution in [-0.2, 0) is 13.0 Å². The molecule has 0 amide bonds. The second-order valence-corrected chi connectivity index (χ2v) is 4.42. The van der Waals surface area contributed by atoms with Crippen LogP contribution in [0.2, 0.25) is 5.15 Å². The smallest absolute Gasteiger partial charge is 0.311 e. The summed E-state index contributed by atoms with van der Waals surface area (Å²) >= 11 is 5.63. The number of aryl methyl sites for hydroxylation is 1. The van der Waals surface area contributed by atoms with Crippen LogP contribution in [0.15, 0.2) is 30.6 Å². The number of hydrogen-bond donors (Lipinski definition) is 0. The maximum Gasteiger partial charge on any atom is 0.311 e. The maximum atomic E-state index is 11.0. The Balaban J connectivity index is 2.16. The number of nitro groups is 1. The fraction of sp³-hybridized carbons (Fsp3) is 0.231. The van der Waals surface area contributed by atoms with Crippen molar-refractivity contribution >= 4 is 17.3 Å². The average molecular weight is 294 g/mol. The minimum atomic E-state index is -0.456. The molecule has 0 aliphatic rings. The molecule has 0 fully saturated rings. The minimum Gasteiger partial charge on any atom is -0.480 e. The van der Waals surface area contributed by atoms with Crippen molar-refractivity contribution in [2.75, 3.05) is 0 Å². The van der Waals surface area contributed by atoms with Crippen LogP contribution in [0.3, 0.4) is 0 Å². The molecule has 104 valence electrons. The largest absolute Gasteiger partial charge is 0.480 e. The standard InChI is InChI=1S/C13H12ClN3O3/c1-2-9-3-4-12(11(5-9)17(18)19)20-8-10-6-16-13(14)7-15-10/h3-7H,2,8H2,1H3. The number of nitrogens with zero attached hydrogens (tertiary/aromatic N) is 3. The Kier molecular flexibility index (Phi) is 4.47. The van der Waals surface area contributed by atoms with Gasteiger partial charge in [-0.05, 0) is 18.1 Å². The highest BCUT2D eigenvalue weighted by atomic mass is 35.5. The van der Waals surface area contributed by atoms with E-state index in [0.717, 1.165) is 12.0 Å². The summed E-state index contributed by atoms with van der Waals surface area (Å²) in [7, 11) is 0. The number of ether oxygens (including phenoxy) is 1. The van der Waals surface area contributed by atoms with E-state index in [0.29, 0.717) is 5.69 Å². The van der Waals surface area contributed by atoms with E-state index in [-0.39, 0.29) is 23.2 Å². The quantitative estimate of drug-likeness (QED) is 0.625. The average Bonchev–Trinajstić information content (AvgIpc) is 2.46. The molecule has 0 unspecified atom stereocenters. The van der Waals surface area contributed by atoms with E-state index in [4.69, 9.17) is 16.3 Å². The van der Waals surface area contributed by atoms with Crippen LogP contribution in [0.5, 0.6) is 5.75 Å². The van der Waals surface area contributed by atoms with Gasteiger partial charge in [0.1, 0.15) is 11.8 Å². The van der Waals surface area contributed by atoms with Gasteiger partial charge < -0.3 is 4.74 Å². The molecule has 1 aromatic carbocycles. The lowest BCUT2D eigenvalue weighted by Gasteiger charge is -2.07. The Morgan fingerprint density at radius 1 is 1.35 bits per heavy atom. The third-order valence-electron chi connectivity index (χ3n) is 2.68. The summed E-state index contributed by atoms with van der Waals surface area (Å²) in [5.41, 5.74) is 1.38. The first kappa shape index (κ1) is 14.2. The Morgan fingerprint density at radius 2 is 2.15 bits per heavy atom. The first-order chi connectivity index (χ1) is 9.60. The van der Waals surface area contributed by atoms with E-state index in [1.165, 1.54) is 18.5 Å². The first-order valence-electron chi connectivity index (χ1n) is 5.96. The zero-order valence-electron chi connectivity index (χ0n) is 10.7. The van der Waals surface area contributed by atoms with E-state index in [2.05, 4.69) is 9.97 Å². The van der Waals surface area contributed by atoms with Gasteiger partial charge in [0, 0.05) is 6.07 Å². The molecule has 0 saturated carbocycles. The third-order valence-corrected chi connectivity index (χ3v) is 2.87. The van der Waals surface area contributed by atoms with E-state index < -0.39 is 4.92 Å². The highest BCUT2D eigenvalue weighted by Gasteiger charge is 2.15. The Hall–Kier alpha value is -2.21. The van der Waals surface area contributed by atoms with Gasteiger partial charge in [-0.3, -0.25) is 15.1 Å². The van der Waals surface area contributed by atoms with Crippen molar-refractivity contribution in [3.8, 4) is 5.75 Å². The molecular formula is C13H12ClN3O3. The number of nitro benzene ring substituents is 1. The second kappa shape index (κ2) is 6.29. The van der Waals surface area contributed by atoms with Crippen molar-refractivity contribution in [2.24, 2.45) is 0 Å². The number of halogens is 1. The minimum absolute atomic E-state index is 0.0497. The van der Waals surface area contributed by atoms with E-state index >= 15 is 0 Å². The zero-order valence-corrected chi connectivity index (χ0v) is 11.5. The molecule has 0 aliphatic heterocycles. The van der Waals surface area contributed by atoms with Crippen molar-refractivity contribution < 1.29 is 9.66 Å². The van der Waals surface area contributed by atoms with Crippen LogP contribution in [0, 0.1) is 10.1 Å². The van der Waals surface area contributed by atoms with Crippen molar-refractivity contribution in [1.82, 2.24) is 9.97 Å². The summed E-state index contributed by atoms with van der Waals surface area (Å²) in [6.07, 6.45) is 3.59. The SMILES string of the molecule is CCc1ccc(OCc2cnc(Cl)cn2)c([N+](=O)[O-])c1. The normalized spacial score (nSPS) is 10.3. The Labute approximate surface area is 120 Å². The lowest BCUT2D eigenvalue weighted by atomic mass is 10.1. The topological polar surface area (TPSA) is 78.2 Å². The number of hydrogen-bond acceptors (Lipinski definition) is 5. The summed E-state index contributed by atoms with van der Waals surface area (Å²) in [6, 6.07) is 4.92. The highest BCUT2D eigenvalue weighted by Crippen LogP contribution is 2.28. The molecule has 6 nitrogen and oxygen atoms in total. The van der Waals surface area contributed by atoms with Gasteiger partial charge in [-0.15, -0.1) is 0 Å². The lowest BCUT2D eigenvalue weighted by molar-refractivity contribution is -0.386. The molecule has 0 spiro atoms. The first-order valence-corrected chi connectivity index (χ1v) is 6.34. The molecular weight excluding hydrogens is 282 g/mol. The van der Waals surface area contributed by atoms with Crippen molar-refractivity contribution in [1.29, 1.82) is 0 Å². The molecule has 20 heavy (non-hydrogen) atoms. The van der Waals surface area contributed by atoms with Crippen LogP contribution in [0.4, 0.5) is 5.69 Å². The fourth-order valence-corrected chi connectivity index (χ4v) is 1.71. The van der Waals surface area contributed by atoms with Crippen LogP contribution in [0.1, 0.15) is 18.2 Å². The number of rotatable bonds is 5. The summed E-state index contributed by atoms with van der Waals surface area (Å²) in [6.45, 7) is 2.03. The fourth-order valence-electron chi connectivity index (χ4n) is 1.61. The van der Waals surface area contributed by atoms with Crippen LogP contribution in [-0.4, -0.2) is 14.9 Å². The zero-order chi connectivity index (χ0) is 14.5. The van der Waals surface area contributed by atoms with E-state index in [1.807, 2.05) is 6.92 Å². The molecule has 0 radical (unpaired) electrons. The number of aromatic nitrogens is 2. The molecule has 1 aromatic heterocycles. The molecule has 0 atom stereocenters. The summed E-state index contributed by atoms with van der Waals surface area (Å²) in [5.74, 6) is 0.212. The summed E-state index contributed by atoms with van der Waals surface area (Å²) < 4.78 is 5.44. The Bertz CT molecular complexity index is 617. The van der Waals surface area contributed by atoms with Gasteiger partial charge in [0.15, 0.2) is 5.75 Å². The van der Waals surface area contributed by atoms with Gasteiger partial charge in [-0.2, -0.15) is 0 Å². The molecule has 0 saturated heterocycles. The van der Waals surface area contributed by atoms with Gasteiger partial charge in [0.25, 0.3) is 0 Å². The third kappa shape index (κ3) is 3.42. The van der Waals surface area contributed by atoms with E-state index in [9.17, 15) is 10.1 Å². The maximum absolute atomic E-state index is 11.0. The number of benzene rings is 1. The van der Waals surface area contributed by atoms with Gasteiger partial charge in [0.2, 0.25) is 0 Å². The predicted octanol–water partition coefficient (Wildman–Crippen LogP) is 3.18. The molecule has 0 N–H and O–H groups in total.